The molecule has 21 nitrogen and oxygen atoms in total. The number of esters is 1. The number of aryl methyl sites for hydroxylation is 2. The van der Waals surface area contributed by atoms with E-state index in [2.05, 4.69) is 32.0 Å². The van der Waals surface area contributed by atoms with Gasteiger partial charge >= 0.3 is 5.97 Å². The van der Waals surface area contributed by atoms with E-state index in [1.54, 1.807) is 31.5 Å². The van der Waals surface area contributed by atoms with Crippen LogP contribution in [0.1, 0.15) is 92.3 Å². The van der Waals surface area contributed by atoms with Crippen LogP contribution in [0.4, 0.5) is 0 Å². The molecule has 10 unspecified atom stereocenters. The van der Waals surface area contributed by atoms with Crippen LogP contribution >= 0.6 is 11.5 Å². The summed E-state index contributed by atoms with van der Waals surface area (Å²) in [4.78, 5) is 30.1. The lowest BCUT2D eigenvalue weighted by atomic mass is 9.79. The second-order valence-corrected chi connectivity index (χ2v) is 21.6. The van der Waals surface area contributed by atoms with Gasteiger partial charge in [0, 0.05) is 88.3 Å². The molecule has 3 aromatic rings. The maximum Gasteiger partial charge on any atom is 0.308 e. The van der Waals surface area contributed by atoms with Gasteiger partial charge in [-0.2, -0.15) is 0 Å². The van der Waals surface area contributed by atoms with Gasteiger partial charge in [-0.25, -0.2) is 0 Å². The first-order valence-electron chi connectivity index (χ1n) is 27.5. The highest BCUT2D eigenvalue weighted by molar-refractivity contribution is 7.03. The van der Waals surface area contributed by atoms with Gasteiger partial charge in [-0.1, -0.05) is 72.5 Å². The Morgan fingerprint density at radius 3 is 2.21 bits per heavy atom. The van der Waals surface area contributed by atoms with Gasteiger partial charge in [-0.05, 0) is 90.0 Å². The topological polar surface area (TPSA) is 258 Å². The Bertz CT molecular complexity index is 2320. The van der Waals surface area contributed by atoms with Crippen LogP contribution in [0, 0.1) is 23.7 Å². The lowest BCUT2D eigenvalue weighted by molar-refractivity contribution is -0.307. The van der Waals surface area contributed by atoms with E-state index in [0.717, 1.165) is 28.9 Å². The fraction of sp³-hybridized carbons (Fsp3) is 0.714. The van der Waals surface area contributed by atoms with Crippen molar-refractivity contribution in [3.8, 4) is 11.3 Å². The van der Waals surface area contributed by atoms with Crippen LogP contribution < -0.4 is 0 Å². The van der Waals surface area contributed by atoms with Crippen molar-refractivity contribution in [2.75, 3.05) is 47.6 Å². The molecule has 0 saturated carbocycles. The largest absolute Gasteiger partial charge is 0.462 e. The summed E-state index contributed by atoms with van der Waals surface area (Å²) in [7, 11) is 4.77. The predicted molar refractivity (Wildman–Crippen MR) is 289 cm³/mol. The van der Waals surface area contributed by atoms with Crippen LogP contribution in [-0.2, 0) is 71.6 Å². The quantitative estimate of drug-likeness (QED) is 0.0783. The van der Waals surface area contributed by atoms with Gasteiger partial charge in [0.15, 0.2) is 24.7 Å². The first-order valence-corrected chi connectivity index (χ1v) is 28.4. The number of carbonyl (C=O) groups excluding carboxylic acids is 2. The van der Waals surface area contributed by atoms with E-state index < -0.39 is 122 Å². The number of hydrogen-bond acceptors (Lipinski definition) is 21. The van der Waals surface area contributed by atoms with E-state index in [-0.39, 0.29) is 25.2 Å². The molecule has 0 spiro atoms. The Morgan fingerprint density at radius 2 is 1.55 bits per heavy atom. The summed E-state index contributed by atoms with van der Waals surface area (Å²) in [5.74, 6) is -3.34. The smallest absolute Gasteiger partial charge is 0.308 e. The number of carbonyl (C=O) groups is 2. The number of likely N-dealkylation sites (N-methyl/N-ethyl adjacent to an activating group) is 1. The molecule has 4 N–H and O–H groups in total. The number of ether oxygens (including phenoxy) is 9. The van der Waals surface area contributed by atoms with Crippen molar-refractivity contribution < 1.29 is 72.6 Å². The van der Waals surface area contributed by atoms with Gasteiger partial charge in [-0.3, -0.25) is 19.2 Å². The lowest BCUT2D eigenvalue weighted by Gasteiger charge is -2.47. The molecule has 2 fully saturated rings. The highest BCUT2D eigenvalue weighted by Crippen LogP contribution is 2.37. The number of aliphatic hydroxyl groups excluding tert-OH is 4. The normalized spacial score (nSPS) is 32.9. The molecule has 0 radical (unpaired) electrons. The third-order valence-electron chi connectivity index (χ3n) is 15.4. The van der Waals surface area contributed by atoms with E-state index in [4.69, 9.17) is 42.6 Å². The third kappa shape index (κ3) is 17.0. The number of cyclic esters (lactones) is 1. The van der Waals surface area contributed by atoms with Crippen molar-refractivity contribution in [1.82, 2.24) is 29.5 Å². The van der Waals surface area contributed by atoms with Crippen molar-refractivity contribution in [1.29, 1.82) is 0 Å². The summed E-state index contributed by atoms with van der Waals surface area (Å²) in [5.41, 5.74) is 4.44. The molecule has 2 saturated heterocycles. The van der Waals surface area contributed by atoms with Crippen LogP contribution in [0.15, 0.2) is 59.6 Å². The van der Waals surface area contributed by atoms with Crippen molar-refractivity contribution in [2.24, 2.45) is 23.7 Å². The van der Waals surface area contributed by atoms with E-state index in [1.165, 1.54) is 31.8 Å². The van der Waals surface area contributed by atoms with Gasteiger partial charge in [0.2, 0.25) is 0 Å². The molecule has 0 aliphatic carbocycles. The molecular formula is C56H86N6O15S. The van der Waals surface area contributed by atoms with E-state index in [9.17, 15) is 30.0 Å². The molecule has 3 aliphatic heterocycles. The maximum absolute atomic E-state index is 14.2. The molecule has 436 valence electrons. The Labute approximate surface area is 463 Å². The van der Waals surface area contributed by atoms with Crippen LogP contribution in [0.25, 0.3) is 11.3 Å². The zero-order chi connectivity index (χ0) is 56.6. The molecule has 0 bridgehead atoms. The second kappa shape index (κ2) is 30.7. The van der Waals surface area contributed by atoms with Gasteiger partial charge < -0.3 is 63.1 Å². The van der Waals surface area contributed by atoms with Crippen molar-refractivity contribution in [2.45, 2.75) is 186 Å². The Morgan fingerprint density at radius 1 is 0.859 bits per heavy atom. The fourth-order valence-electron chi connectivity index (χ4n) is 10.7. The molecule has 0 amide bonds. The molecule has 78 heavy (non-hydrogen) atoms. The molecule has 5 heterocycles. The van der Waals surface area contributed by atoms with E-state index in [0.29, 0.717) is 44.7 Å². The number of aliphatic hydroxyl groups is 4. The number of aromatic nitrogens is 5. The predicted octanol–water partition coefficient (Wildman–Crippen LogP) is 4.73. The molecule has 17 atom stereocenters. The van der Waals surface area contributed by atoms with Crippen LogP contribution in [0.3, 0.4) is 0 Å². The summed E-state index contributed by atoms with van der Waals surface area (Å²) < 4.78 is 60.9. The number of hydrogen-bond donors (Lipinski definition) is 4. The molecule has 2 aromatic heterocycles. The van der Waals surface area contributed by atoms with Gasteiger partial charge in [0.25, 0.3) is 0 Å². The highest BCUT2D eigenvalue weighted by atomic mass is 32.1. The first-order chi connectivity index (χ1) is 37.4. The van der Waals surface area contributed by atoms with Crippen LogP contribution in [-0.4, -0.2) is 195 Å². The molecule has 1 aromatic carbocycles. The molecular weight excluding hydrogens is 1030 g/mol. The number of rotatable bonds is 22. The van der Waals surface area contributed by atoms with E-state index >= 15 is 0 Å². The summed E-state index contributed by atoms with van der Waals surface area (Å²) >= 11 is 1.31. The SMILES string of the molecule is CCOC(C[C@H]1C[C@@H](C)C(=O)C=CC(C)=C[C@H](COC2OC(C)C(O)C(OC)C2OC)[C@@H](CC)OC(=O)C[C@@H](O)[C@H](C)[C@H]1OC1OC(C)C(O)C(N(C)CCc2cn(CCc3ccc(-c4csnn4)cc3)nn2)C1O)OCC. The zero-order valence-electron chi connectivity index (χ0n) is 47.2. The monoisotopic (exact) mass is 1110 g/mol. The highest BCUT2D eigenvalue weighted by Gasteiger charge is 2.49. The van der Waals surface area contributed by atoms with Crippen LogP contribution in [0.2, 0.25) is 0 Å². The summed E-state index contributed by atoms with van der Waals surface area (Å²) in [6.45, 7) is 16.1. The molecule has 22 heteroatoms. The standard InChI is InChI=1S/C56H86N6O15S/c1-12-45-40(30-73-56-54(70-11)53(69-10)50(67)36(8)75-56)25-32(4)15-20-43(63)33(5)26-39(27-47(71-13-2)72-14-3)52(34(6)44(64)28-46(65)76-45)77-55-51(68)48(49(66)35(7)74-55)61(9)23-22-41-29-62(59-57-41)24-21-37-16-18-38(19-17-37)42-31-78-60-58-42/h15-20,25,29,31,33-36,39-40,44-45,47-56,64,66-68H,12-14,21-24,26-28,30H2,1-11H3/t33-,34+,35?,36?,39-,40-,44-,45-,48?,49?,50?,51?,52-,53?,54?,55?,56?/m1/s1. The third-order valence-corrected chi connectivity index (χ3v) is 15.9. The van der Waals surface area contributed by atoms with Crippen molar-refractivity contribution >= 4 is 23.3 Å². The fourth-order valence-corrected chi connectivity index (χ4v) is 11.2. The van der Waals surface area contributed by atoms with Gasteiger partial charge in [0.05, 0.1) is 55.3 Å². The summed E-state index contributed by atoms with van der Waals surface area (Å²) in [5, 5.41) is 61.6. The lowest BCUT2D eigenvalue weighted by Crippen LogP contribution is -2.64. The summed E-state index contributed by atoms with van der Waals surface area (Å²) in [6, 6.07) is 7.34. The number of ketones is 1. The molecule has 6 rings (SSSR count). The Kier molecular flexibility index (Phi) is 24.9. The number of nitrogens with zero attached hydrogens (tertiary/aromatic N) is 6. The molecule has 3 aliphatic rings. The number of methoxy groups -OCH3 is 2. The van der Waals surface area contributed by atoms with Gasteiger partial charge in [0.1, 0.15) is 36.2 Å². The average molecular weight is 1120 g/mol. The van der Waals surface area contributed by atoms with Crippen LogP contribution in [0.5, 0.6) is 0 Å². The first kappa shape index (κ1) is 63.2. The van der Waals surface area contributed by atoms with Crippen molar-refractivity contribution in [3.63, 3.8) is 0 Å². The minimum atomic E-state index is -1.40. The minimum absolute atomic E-state index is 0.00145. The Balaban J connectivity index is 1.21. The van der Waals surface area contributed by atoms with Crippen molar-refractivity contribution in [3.05, 3.63) is 70.9 Å². The number of benzene rings is 1. The number of allylic oxidation sites excluding steroid dienone is 3. The summed E-state index contributed by atoms with van der Waals surface area (Å²) in [6.07, 6.45) is -3.77. The van der Waals surface area contributed by atoms with Gasteiger partial charge in [-0.15, -0.1) is 10.2 Å². The maximum atomic E-state index is 14.2. The average Bonchev–Trinajstić information content (AvgIpc) is 4.22. The zero-order valence-corrected chi connectivity index (χ0v) is 48.1. The second-order valence-electron chi connectivity index (χ2n) is 21.0. The Hall–Kier alpha value is -3.98. The van der Waals surface area contributed by atoms with E-state index in [1.807, 2.05) is 76.4 Å². The minimum Gasteiger partial charge on any atom is -0.462 e.